The number of aryl methyl sites for hydroxylation is 1. The van der Waals surface area contributed by atoms with E-state index in [1.807, 2.05) is 0 Å². The summed E-state index contributed by atoms with van der Waals surface area (Å²) in [7, 11) is 0. The first-order chi connectivity index (χ1) is 9.47. The van der Waals surface area contributed by atoms with Crippen LogP contribution in [-0.2, 0) is 4.79 Å². The number of nitrogens with one attached hydrogen (secondary N) is 1. The standard InChI is InChI=1S/C14H17FN2O3/c1-9-4-5-12(11(15)7-9)16-14(20)17-6-2-3-10(17)8-13(18)19/h4-5,7,10H,2-3,6,8H2,1H3,(H,16,20)(H,18,19). The van der Waals surface area contributed by atoms with Gasteiger partial charge in [0.1, 0.15) is 5.82 Å². The number of rotatable bonds is 3. The molecule has 0 saturated carbocycles. The molecule has 1 aliphatic heterocycles. The van der Waals surface area contributed by atoms with E-state index in [0.717, 1.165) is 12.0 Å². The van der Waals surface area contributed by atoms with Crippen LogP contribution in [0.2, 0.25) is 0 Å². The smallest absolute Gasteiger partial charge is 0.322 e. The second kappa shape index (κ2) is 5.90. The molecular formula is C14H17FN2O3. The van der Waals surface area contributed by atoms with Crippen molar-refractivity contribution in [1.29, 1.82) is 0 Å². The van der Waals surface area contributed by atoms with E-state index in [4.69, 9.17) is 5.11 Å². The number of likely N-dealkylation sites (tertiary alicyclic amines) is 1. The molecule has 6 heteroatoms. The summed E-state index contributed by atoms with van der Waals surface area (Å²) >= 11 is 0. The molecule has 1 aromatic carbocycles. The third kappa shape index (κ3) is 3.26. The maximum Gasteiger partial charge on any atom is 0.322 e. The zero-order valence-electron chi connectivity index (χ0n) is 11.2. The number of hydrogen-bond donors (Lipinski definition) is 2. The number of nitrogens with zero attached hydrogens (tertiary/aromatic N) is 1. The van der Waals surface area contributed by atoms with Crippen LogP contribution in [0.5, 0.6) is 0 Å². The van der Waals surface area contributed by atoms with Crippen LogP contribution in [0.3, 0.4) is 0 Å². The summed E-state index contributed by atoms with van der Waals surface area (Å²) in [5.74, 6) is -1.43. The van der Waals surface area contributed by atoms with Gasteiger partial charge < -0.3 is 15.3 Å². The molecule has 1 aliphatic rings. The van der Waals surface area contributed by atoms with Gasteiger partial charge in [-0.25, -0.2) is 9.18 Å². The van der Waals surface area contributed by atoms with Crippen LogP contribution in [0.15, 0.2) is 18.2 Å². The molecule has 0 radical (unpaired) electrons. The lowest BCUT2D eigenvalue weighted by atomic mass is 10.1. The molecule has 1 saturated heterocycles. The van der Waals surface area contributed by atoms with Crippen molar-refractivity contribution in [3.8, 4) is 0 Å². The van der Waals surface area contributed by atoms with Crippen molar-refractivity contribution in [3.63, 3.8) is 0 Å². The number of carbonyl (C=O) groups excluding carboxylic acids is 1. The highest BCUT2D eigenvalue weighted by Gasteiger charge is 2.30. The molecular weight excluding hydrogens is 263 g/mol. The van der Waals surface area contributed by atoms with Crippen molar-refractivity contribution >= 4 is 17.7 Å². The second-order valence-electron chi connectivity index (χ2n) is 5.00. The summed E-state index contributed by atoms with van der Waals surface area (Å²) in [4.78, 5) is 24.3. The molecule has 20 heavy (non-hydrogen) atoms. The highest BCUT2D eigenvalue weighted by Crippen LogP contribution is 2.22. The minimum Gasteiger partial charge on any atom is -0.481 e. The molecule has 108 valence electrons. The summed E-state index contributed by atoms with van der Waals surface area (Å²) in [5.41, 5.74) is 0.881. The quantitative estimate of drug-likeness (QED) is 0.894. The number of carboxylic acids is 1. The van der Waals surface area contributed by atoms with Gasteiger partial charge in [0, 0.05) is 12.6 Å². The van der Waals surface area contributed by atoms with Gasteiger partial charge in [-0.1, -0.05) is 6.07 Å². The average molecular weight is 280 g/mol. The van der Waals surface area contributed by atoms with E-state index in [1.165, 1.54) is 17.0 Å². The topological polar surface area (TPSA) is 69.6 Å². The molecule has 0 spiro atoms. The third-order valence-electron chi connectivity index (χ3n) is 3.41. The van der Waals surface area contributed by atoms with E-state index in [9.17, 15) is 14.0 Å². The number of anilines is 1. The number of benzene rings is 1. The maximum absolute atomic E-state index is 13.7. The Balaban J connectivity index is 2.05. The van der Waals surface area contributed by atoms with Crippen LogP contribution >= 0.6 is 0 Å². The Morgan fingerprint density at radius 1 is 1.50 bits per heavy atom. The number of amides is 2. The molecule has 1 aromatic rings. The van der Waals surface area contributed by atoms with Gasteiger partial charge in [0.2, 0.25) is 0 Å². The van der Waals surface area contributed by atoms with Crippen molar-refractivity contribution in [2.24, 2.45) is 0 Å². The van der Waals surface area contributed by atoms with Crippen LogP contribution in [0.25, 0.3) is 0 Å². The van der Waals surface area contributed by atoms with Crippen molar-refractivity contribution in [1.82, 2.24) is 4.90 Å². The molecule has 0 aromatic heterocycles. The van der Waals surface area contributed by atoms with Crippen LogP contribution in [-0.4, -0.2) is 34.6 Å². The monoisotopic (exact) mass is 280 g/mol. The Kier molecular flexibility index (Phi) is 4.22. The SMILES string of the molecule is Cc1ccc(NC(=O)N2CCCC2CC(=O)O)c(F)c1. The predicted octanol–water partition coefficient (Wildman–Crippen LogP) is 2.61. The summed E-state index contributed by atoms with van der Waals surface area (Å²) < 4.78 is 13.7. The largest absolute Gasteiger partial charge is 0.481 e. The molecule has 0 bridgehead atoms. The number of halogens is 1. The van der Waals surface area contributed by atoms with Gasteiger partial charge in [0.05, 0.1) is 12.1 Å². The Bertz CT molecular complexity index is 533. The number of hydrogen-bond acceptors (Lipinski definition) is 2. The van der Waals surface area contributed by atoms with Crippen LogP contribution < -0.4 is 5.32 Å². The summed E-state index contributed by atoms with van der Waals surface area (Å²) in [6.45, 7) is 2.26. The molecule has 1 fully saturated rings. The van der Waals surface area contributed by atoms with Gasteiger partial charge in [0.25, 0.3) is 0 Å². The van der Waals surface area contributed by atoms with Gasteiger partial charge >= 0.3 is 12.0 Å². The Morgan fingerprint density at radius 3 is 2.90 bits per heavy atom. The summed E-state index contributed by atoms with van der Waals surface area (Å²) in [6.07, 6.45) is 1.35. The molecule has 2 rings (SSSR count). The van der Waals surface area contributed by atoms with Gasteiger partial charge in [-0.2, -0.15) is 0 Å². The molecule has 0 aliphatic carbocycles. The number of urea groups is 1. The van der Waals surface area contributed by atoms with Gasteiger partial charge in [-0.3, -0.25) is 4.79 Å². The normalized spacial score (nSPS) is 18.1. The van der Waals surface area contributed by atoms with Crippen LogP contribution in [0, 0.1) is 12.7 Å². The fourth-order valence-corrected chi connectivity index (χ4v) is 2.43. The van der Waals surface area contributed by atoms with Crippen molar-refractivity contribution in [3.05, 3.63) is 29.6 Å². The lowest BCUT2D eigenvalue weighted by Gasteiger charge is -2.24. The van der Waals surface area contributed by atoms with E-state index in [2.05, 4.69) is 5.32 Å². The zero-order chi connectivity index (χ0) is 14.7. The lowest BCUT2D eigenvalue weighted by molar-refractivity contribution is -0.137. The van der Waals surface area contributed by atoms with E-state index in [-0.39, 0.29) is 18.2 Å². The molecule has 2 N–H and O–H groups in total. The van der Waals surface area contributed by atoms with Crippen LogP contribution in [0.4, 0.5) is 14.9 Å². The van der Waals surface area contributed by atoms with Crippen molar-refractivity contribution in [2.75, 3.05) is 11.9 Å². The Hall–Kier alpha value is -2.11. The lowest BCUT2D eigenvalue weighted by Crippen LogP contribution is -2.39. The van der Waals surface area contributed by atoms with E-state index < -0.39 is 17.8 Å². The Morgan fingerprint density at radius 2 is 2.25 bits per heavy atom. The molecule has 1 unspecified atom stereocenters. The molecule has 2 amide bonds. The molecule has 1 heterocycles. The fraction of sp³-hybridized carbons (Fsp3) is 0.429. The fourth-order valence-electron chi connectivity index (χ4n) is 2.43. The zero-order valence-corrected chi connectivity index (χ0v) is 11.2. The minimum absolute atomic E-state index is 0.0796. The van der Waals surface area contributed by atoms with Gasteiger partial charge in [0.15, 0.2) is 0 Å². The number of carbonyl (C=O) groups is 2. The molecule has 1 atom stereocenters. The predicted molar refractivity (Wildman–Crippen MR) is 72.1 cm³/mol. The third-order valence-corrected chi connectivity index (χ3v) is 3.41. The summed E-state index contributed by atoms with van der Waals surface area (Å²) in [6, 6.07) is 3.79. The highest BCUT2D eigenvalue weighted by atomic mass is 19.1. The van der Waals surface area contributed by atoms with Gasteiger partial charge in [-0.15, -0.1) is 0 Å². The first-order valence-corrected chi connectivity index (χ1v) is 6.53. The number of aliphatic carboxylic acids is 1. The summed E-state index contributed by atoms with van der Waals surface area (Å²) in [5, 5.41) is 11.3. The Labute approximate surface area is 116 Å². The first kappa shape index (κ1) is 14.3. The van der Waals surface area contributed by atoms with E-state index in [0.29, 0.717) is 13.0 Å². The van der Waals surface area contributed by atoms with E-state index in [1.54, 1.807) is 13.0 Å². The van der Waals surface area contributed by atoms with Crippen LogP contribution in [0.1, 0.15) is 24.8 Å². The van der Waals surface area contributed by atoms with E-state index >= 15 is 0 Å². The minimum atomic E-state index is -0.934. The average Bonchev–Trinajstić information content (AvgIpc) is 2.80. The highest BCUT2D eigenvalue weighted by molar-refractivity contribution is 5.90. The second-order valence-corrected chi connectivity index (χ2v) is 5.00. The van der Waals surface area contributed by atoms with Gasteiger partial charge in [-0.05, 0) is 37.5 Å². The van der Waals surface area contributed by atoms with Crippen molar-refractivity contribution < 1.29 is 19.1 Å². The molecule has 5 nitrogen and oxygen atoms in total. The van der Waals surface area contributed by atoms with Crippen molar-refractivity contribution in [2.45, 2.75) is 32.2 Å². The maximum atomic E-state index is 13.7. The first-order valence-electron chi connectivity index (χ1n) is 6.53. The number of carboxylic acid groups (broad SMARTS) is 1.